The number of nitrogens with one attached hydrogen (secondary N) is 1. The van der Waals surface area contributed by atoms with Crippen molar-refractivity contribution < 1.29 is 22.7 Å². The van der Waals surface area contributed by atoms with Crippen molar-refractivity contribution in [3.63, 3.8) is 0 Å². The van der Waals surface area contributed by atoms with E-state index in [4.69, 9.17) is 4.43 Å². The lowest BCUT2D eigenvalue weighted by Gasteiger charge is -2.43. The van der Waals surface area contributed by atoms with E-state index in [1.165, 1.54) is 4.90 Å². The van der Waals surface area contributed by atoms with Crippen LogP contribution in [0.5, 0.6) is 0 Å². The maximum Gasteiger partial charge on any atom is 0.407 e. The molecule has 2 aliphatic rings. The van der Waals surface area contributed by atoms with Crippen LogP contribution in [0.15, 0.2) is 0 Å². The van der Waals surface area contributed by atoms with E-state index in [2.05, 4.69) is 38.6 Å². The lowest BCUT2D eigenvalue weighted by molar-refractivity contribution is 0.0730. The fourth-order valence-electron chi connectivity index (χ4n) is 4.11. The molecule has 2 rings (SSSR count). The normalized spacial score (nSPS) is 26.1. The molecule has 0 bridgehead atoms. The third-order valence-corrected chi connectivity index (χ3v) is 14.0. The summed E-state index contributed by atoms with van der Waals surface area (Å²) in [4.78, 5) is 12.8. The summed E-state index contributed by atoms with van der Waals surface area (Å²) in [5, 5.41) is 9.40. The molecule has 1 amide bonds. The van der Waals surface area contributed by atoms with Crippen LogP contribution < -0.4 is 4.72 Å². The number of hydrogen-bond donors (Lipinski definition) is 2. The Morgan fingerprint density at radius 1 is 1.14 bits per heavy atom. The first-order chi connectivity index (χ1) is 12.9. The van der Waals surface area contributed by atoms with Gasteiger partial charge in [0.05, 0.1) is 4.75 Å². The molecule has 0 aromatic heterocycles. The predicted octanol–water partition coefficient (Wildman–Crippen LogP) is 4.02. The summed E-state index contributed by atoms with van der Waals surface area (Å²) in [6.07, 6.45) is 1.85. The molecule has 2 N–H and O–H groups in total. The van der Waals surface area contributed by atoms with Crippen LogP contribution in [0.25, 0.3) is 0 Å². The minimum atomic E-state index is -3.51. The minimum absolute atomic E-state index is 0.0000573. The van der Waals surface area contributed by atoms with Gasteiger partial charge in [-0.3, -0.25) is 0 Å². The molecule has 1 aliphatic carbocycles. The minimum Gasteiger partial charge on any atom is -0.465 e. The van der Waals surface area contributed by atoms with E-state index in [1.807, 2.05) is 0 Å². The molecular formula is C20H40N2O5SSi. The average Bonchev–Trinajstić information content (AvgIpc) is 2.81. The second-order valence-corrected chi connectivity index (χ2v) is 18.6. The van der Waals surface area contributed by atoms with Crippen molar-refractivity contribution in [1.29, 1.82) is 0 Å². The largest absolute Gasteiger partial charge is 0.465 e. The fourth-order valence-corrected chi connectivity index (χ4v) is 6.55. The number of piperidine rings is 1. The van der Waals surface area contributed by atoms with Gasteiger partial charge in [-0.25, -0.2) is 17.9 Å². The first kappa shape index (κ1) is 24.6. The number of rotatable bonds is 4. The monoisotopic (exact) mass is 448 g/mol. The van der Waals surface area contributed by atoms with Crippen molar-refractivity contribution in [1.82, 2.24) is 9.62 Å². The molecular weight excluding hydrogens is 408 g/mol. The Balaban J connectivity index is 2.27. The topological polar surface area (TPSA) is 95.9 Å². The smallest absolute Gasteiger partial charge is 0.407 e. The van der Waals surface area contributed by atoms with Gasteiger partial charge in [-0.05, 0) is 70.0 Å². The Morgan fingerprint density at radius 2 is 1.66 bits per heavy atom. The Morgan fingerprint density at radius 3 is 2.07 bits per heavy atom. The van der Waals surface area contributed by atoms with Crippen LogP contribution in [0, 0.1) is 5.41 Å². The number of likely N-dealkylation sites (tertiary alicyclic amines) is 1. The second kappa shape index (κ2) is 7.80. The van der Waals surface area contributed by atoms with Gasteiger partial charge >= 0.3 is 6.09 Å². The fraction of sp³-hybridized carbons (Fsp3) is 0.950. The van der Waals surface area contributed by atoms with Gasteiger partial charge in [-0.2, -0.15) is 0 Å². The molecule has 0 aromatic rings. The van der Waals surface area contributed by atoms with E-state index >= 15 is 0 Å². The van der Waals surface area contributed by atoms with Crippen LogP contribution in [0.1, 0.15) is 67.2 Å². The van der Waals surface area contributed by atoms with Gasteiger partial charge in [0.15, 0.2) is 8.32 Å². The molecule has 1 aliphatic heterocycles. The van der Waals surface area contributed by atoms with E-state index in [9.17, 15) is 18.3 Å². The van der Waals surface area contributed by atoms with Gasteiger partial charge in [0.2, 0.25) is 10.0 Å². The van der Waals surface area contributed by atoms with Gasteiger partial charge in [0.25, 0.3) is 0 Å². The van der Waals surface area contributed by atoms with Crippen molar-refractivity contribution in [2.24, 2.45) is 5.41 Å². The maximum absolute atomic E-state index is 12.9. The highest BCUT2D eigenvalue weighted by Gasteiger charge is 2.53. The number of sulfonamides is 1. The molecule has 9 heteroatoms. The van der Waals surface area contributed by atoms with Gasteiger partial charge < -0.3 is 14.4 Å². The van der Waals surface area contributed by atoms with Crippen molar-refractivity contribution in [3.05, 3.63) is 0 Å². The van der Waals surface area contributed by atoms with Crippen LogP contribution in [-0.4, -0.2) is 62.8 Å². The first-order valence-electron chi connectivity index (χ1n) is 10.6. The van der Waals surface area contributed by atoms with Crippen LogP contribution in [0.2, 0.25) is 18.1 Å². The van der Waals surface area contributed by atoms with Gasteiger partial charge in [0.1, 0.15) is 0 Å². The molecule has 0 aromatic carbocycles. The molecule has 0 unspecified atom stereocenters. The Kier molecular flexibility index (Phi) is 6.62. The zero-order valence-corrected chi connectivity index (χ0v) is 21.1. The number of nitrogens with zero attached hydrogens (tertiary/aromatic N) is 1. The van der Waals surface area contributed by atoms with Crippen LogP contribution >= 0.6 is 0 Å². The van der Waals surface area contributed by atoms with Crippen molar-refractivity contribution in [3.8, 4) is 0 Å². The Bertz CT molecular complexity index is 716. The SMILES string of the molecule is CC(C)(C)[Si](C)(C)O[C@H]1C[C@@H](NS(=O)(=O)C(C)(C)C)C2(CCN(C(=O)O)CC2)C1. The molecule has 2 fully saturated rings. The summed E-state index contributed by atoms with van der Waals surface area (Å²) < 4.78 is 34.6. The van der Waals surface area contributed by atoms with E-state index in [-0.39, 0.29) is 22.6 Å². The average molecular weight is 449 g/mol. The predicted molar refractivity (Wildman–Crippen MR) is 118 cm³/mol. The van der Waals surface area contributed by atoms with E-state index < -0.39 is 29.2 Å². The lowest BCUT2D eigenvalue weighted by atomic mass is 9.74. The highest BCUT2D eigenvalue weighted by molar-refractivity contribution is 7.90. The lowest BCUT2D eigenvalue weighted by Crippen LogP contribution is -2.53. The molecule has 1 saturated heterocycles. The maximum atomic E-state index is 12.9. The molecule has 29 heavy (non-hydrogen) atoms. The summed E-state index contributed by atoms with van der Waals surface area (Å²) in [5.74, 6) is 0. The number of carboxylic acid groups (broad SMARTS) is 1. The van der Waals surface area contributed by atoms with Crippen LogP contribution in [0.4, 0.5) is 4.79 Å². The summed E-state index contributed by atoms with van der Waals surface area (Å²) in [7, 11) is -5.49. The Labute approximate surface area is 177 Å². The van der Waals surface area contributed by atoms with Crippen molar-refractivity contribution in [2.75, 3.05) is 13.1 Å². The van der Waals surface area contributed by atoms with Crippen molar-refractivity contribution in [2.45, 2.75) is 102 Å². The number of hydrogen-bond acceptors (Lipinski definition) is 4. The highest BCUT2D eigenvalue weighted by Crippen LogP contribution is 2.50. The van der Waals surface area contributed by atoms with Crippen molar-refractivity contribution >= 4 is 24.4 Å². The zero-order chi connectivity index (χ0) is 22.5. The quantitative estimate of drug-likeness (QED) is 0.633. The summed E-state index contributed by atoms with van der Waals surface area (Å²) >= 11 is 0. The standard InChI is InChI=1S/C20H40N2O5SSi/c1-18(2,3)28(25,26)21-16-13-15(27-29(7,8)19(4,5)6)14-20(16)9-11-22(12-10-20)17(23)24/h15-16,21H,9-14H2,1-8H3,(H,23,24)/t15-,16+/m0/s1. The van der Waals surface area contributed by atoms with E-state index in [1.54, 1.807) is 20.8 Å². The van der Waals surface area contributed by atoms with Gasteiger partial charge in [-0.1, -0.05) is 20.8 Å². The highest BCUT2D eigenvalue weighted by atomic mass is 32.2. The summed E-state index contributed by atoms with van der Waals surface area (Å²) in [5.41, 5.74) is -0.253. The number of amides is 1. The van der Waals surface area contributed by atoms with Crippen LogP contribution in [-0.2, 0) is 14.4 Å². The molecule has 7 nitrogen and oxygen atoms in total. The zero-order valence-electron chi connectivity index (χ0n) is 19.3. The second-order valence-electron chi connectivity index (χ2n) is 11.4. The summed E-state index contributed by atoms with van der Waals surface area (Å²) in [6.45, 7) is 17.0. The van der Waals surface area contributed by atoms with Crippen LogP contribution in [0.3, 0.4) is 0 Å². The third kappa shape index (κ3) is 5.17. The number of carbonyl (C=O) groups is 1. The Hall–Kier alpha value is -0.643. The van der Waals surface area contributed by atoms with Gasteiger partial charge in [-0.15, -0.1) is 0 Å². The molecule has 1 heterocycles. The third-order valence-electron chi connectivity index (χ3n) is 7.27. The molecule has 170 valence electrons. The molecule has 0 radical (unpaired) electrons. The molecule has 2 atom stereocenters. The van der Waals surface area contributed by atoms with E-state index in [0.717, 1.165) is 6.42 Å². The first-order valence-corrected chi connectivity index (χ1v) is 15.0. The molecule has 1 saturated carbocycles. The van der Waals surface area contributed by atoms with E-state index in [0.29, 0.717) is 32.4 Å². The summed E-state index contributed by atoms with van der Waals surface area (Å²) in [6, 6.07) is -0.225. The molecule has 1 spiro atoms. The van der Waals surface area contributed by atoms with Gasteiger partial charge in [0, 0.05) is 25.2 Å².